The molecule has 0 aliphatic heterocycles. The number of aryl methyl sites for hydroxylation is 1. The van der Waals surface area contributed by atoms with Gasteiger partial charge in [-0.3, -0.25) is 4.98 Å². The molecule has 0 amide bonds. The SMILES string of the molecule is CCC(I)(CC)c1ccccc1-c1ncccc1C. The molecule has 0 N–H and O–H groups in total. The quantitative estimate of drug-likeness (QED) is 0.515. The number of rotatable bonds is 4. The molecule has 0 radical (unpaired) electrons. The van der Waals surface area contributed by atoms with Crippen molar-refractivity contribution in [1.82, 2.24) is 4.98 Å². The monoisotopic (exact) mass is 365 g/mol. The first-order chi connectivity index (χ1) is 9.12. The molecule has 1 aromatic heterocycles. The van der Waals surface area contributed by atoms with Crippen LogP contribution in [0, 0.1) is 6.92 Å². The minimum absolute atomic E-state index is 0.193. The zero-order valence-corrected chi connectivity index (χ0v) is 13.9. The van der Waals surface area contributed by atoms with E-state index in [0.717, 1.165) is 18.5 Å². The molecule has 0 aliphatic rings. The number of pyridine rings is 1. The summed E-state index contributed by atoms with van der Waals surface area (Å²) in [6.07, 6.45) is 4.14. The molecule has 2 aromatic rings. The van der Waals surface area contributed by atoms with E-state index < -0.39 is 0 Å². The molecule has 1 aromatic carbocycles. The zero-order valence-electron chi connectivity index (χ0n) is 11.8. The van der Waals surface area contributed by atoms with E-state index in [-0.39, 0.29) is 3.42 Å². The molecule has 2 heteroatoms. The Morgan fingerprint density at radius 3 is 2.37 bits per heavy atom. The lowest BCUT2D eigenvalue weighted by Crippen LogP contribution is -2.16. The van der Waals surface area contributed by atoms with Crippen LogP contribution in [0.5, 0.6) is 0 Å². The van der Waals surface area contributed by atoms with Crippen LogP contribution in [-0.2, 0) is 3.42 Å². The predicted octanol–water partition coefficient (Wildman–Crippen LogP) is 5.51. The second-order valence-corrected chi connectivity index (χ2v) is 6.95. The van der Waals surface area contributed by atoms with Crippen molar-refractivity contribution in [3.05, 3.63) is 53.7 Å². The first kappa shape index (κ1) is 14.5. The van der Waals surface area contributed by atoms with Crippen LogP contribution in [0.15, 0.2) is 42.6 Å². The van der Waals surface area contributed by atoms with Crippen LogP contribution in [0.2, 0.25) is 0 Å². The molecule has 0 spiro atoms. The third kappa shape index (κ3) is 2.83. The predicted molar refractivity (Wildman–Crippen MR) is 90.7 cm³/mol. The number of benzene rings is 1. The second kappa shape index (κ2) is 6.04. The highest BCUT2D eigenvalue weighted by molar-refractivity contribution is 14.1. The summed E-state index contributed by atoms with van der Waals surface area (Å²) in [7, 11) is 0. The van der Waals surface area contributed by atoms with Crippen LogP contribution in [0.4, 0.5) is 0 Å². The minimum atomic E-state index is 0.193. The van der Waals surface area contributed by atoms with Gasteiger partial charge >= 0.3 is 0 Å². The lowest BCUT2D eigenvalue weighted by atomic mass is 9.88. The van der Waals surface area contributed by atoms with Crippen molar-refractivity contribution in [2.24, 2.45) is 0 Å². The smallest absolute Gasteiger partial charge is 0.0734 e. The average molecular weight is 365 g/mol. The van der Waals surface area contributed by atoms with Crippen LogP contribution in [0.25, 0.3) is 11.3 Å². The Bertz CT molecular complexity index is 559. The van der Waals surface area contributed by atoms with Gasteiger partial charge in [0.2, 0.25) is 0 Å². The Hall–Kier alpha value is -0.900. The van der Waals surface area contributed by atoms with Crippen molar-refractivity contribution in [3.63, 3.8) is 0 Å². The summed E-state index contributed by atoms with van der Waals surface area (Å²) in [4.78, 5) is 4.59. The summed E-state index contributed by atoms with van der Waals surface area (Å²) < 4.78 is 0.193. The standard InChI is InChI=1S/C17H20IN/c1-4-17(18,5-2)15-11-7-6-10-14(15)16-13(3)9-8-12-19-16/h6-12H,4-5H2,1-3H3. The third-order valence-corrected chi connectivity index (χ3v) is 5.90. The van der Waals surface area contributed by atoms with Gasteiger partial charge in [-0.15, -0.1) is 0 Å². The normalized spacial score (nSPS) is 11.6. The molecule has 0 unspecified atom stereocenters. The summed E-state index contributed by atoms with van der Waals surface area (Å²) in [6, 6.07) is 12.8. The molecule has 1 heterocycles. The molecular formula is C17H20IN. The van der Waals surface area contributed by atoms with Crippen molar-refractivity contribution in [2.45, 2.75) is 37.0 Å². The van der Waals surface area contributed by atoms with Gasteiger partial charge in [-0.1, -0.05) is 66.8 Å². The Morgan fingerprint density at radius 1 is 1.05 bits per heavy atom. The summed E-state index contributed by atoms with van der Waals surface area (Å²) in [6.45, 7) is 6.65. The lowest BCUT2D eigenvalue weighted by molar-refractivity contribution is 0.613. The van der Waals surface area contributed by atoms with E-state index in [2.05, 4.69) is 78.7 Å². The first-order valence-corrected chi connectivity index (χ1v) is 7.90. The van der Waals surface area contributed by atoms with Crippen LogP contribution in [0.1, 0.15) is 37.8 Å². The second-order valence-electron chi connectivity index (χ2n) is 4.89. The van der Waals surface area contributed by atoms with E-state index in [0.29, 0.717) is 0 Å². The van der Waals surface area contributed by atoms with Crippen molar-refractivity contribution in [3.8, 4) is 11.3 Å². The maximum absolute atomic E-state index is 4.59. The van der Waals surface area contributed by atoms with Crippen LogP contribution < -0.4 is 0 Å². The Labute approximate surface area is 129 Å². The van der Waals surface area contributed by atoms with Gasteiger partial charge in [0.1, 0.15) is 0 Å². The summed E-state index contributed by atoms with van der Waals surface area (Å²) in [5.74, 6) is 0. The third-order valence-electron chi connectivity index (χ3n) is 3.80. The summed E-state index contributed by atoms with van der Waals surface area (Å²) in [5, 5.41) is 0. The van der Waals surface area contributed by atoms with Crippen molar-refractivity contribution >= 4 is 22.6 Å². The minimum Gasteiger partial charge on any atom is -0.256 e. The Balaban J connectivity index is 2.63. The van der Waals surface area contributed by atoms with Crippen LogP contribution in [-0.4, -0.2) is 4.98 Å². The van der Waals surface area contributed by atoms with E-state index in [1.807, 2.05) is 12.3 Å². The highest BCUT2D eigenvalue weighted by atomic mass is 127. The van der Waals surface area contributed by atoms with E-state index in [1.54, 1.807) is 0 Å². The fourth-order valence-electron chi connectivity index (χ4n) is 2.48. The molecule has 2 rings (SSSR count). The van der Waals surface area contributed by atoms with Gasteiger partial charge in [0.15, 0.2) is 0 Å². The molecular weight excluding hydrogens is 345 g/mol. The fourth-order valence-corrected chi connectivity index (χ4v) is 2.95. The highest BCUT2D eigenvalue weighted by Gasteiger charge is 2.27. The fraction of sp³-hybridized carbons (Fsp3) is 0.353. The molecule has 1 nitrogen and oxygen atoms in total. The molecule has 0 bridgehead atoms. The maximum Gasteiger partial charge on any atom is 0.0734 e. The van der Waals surface area contributed by atoms with Gasteiger partial charge in [0, 0.05) is 15.2 Å². The van der Waals surface area contributed by atoms with Gasteiger partial charge in [-0.25, -0.2) is 0 Å². The van der Waals surface area contributed by atoms with E-state index >= 15 is 0 Å². The lowest BCUT2D eigenvalue weighted by Gasteiger charge is -2.28. The topological polar surface area (TPSA) is 12.9 Å². The van der Waals surface area contributed by atoms with Crippen LogP contribution in [0.3, 0.4) is 0 Å². The highest BCUT2D eigenvalue weighted by Crippen LogP contribution is 2.43. The van der Waals surface area contributed by atoms with E-state index in [4.69, 9.17) is 0 Å². The van der Waals surface area contributed by atoms with Crippen molar-refractivity contribution in [2.75, 3.05) is 0 Å². The average Bonchev–Trinajstić information content (AvgIpc) is 2.47. The molecule has 0 aliphatic carbocycles. The number of alkyl halides is 1. The number of nitrogens with zero attached hydrogens (tertiary/aromatic N) is 1. The Morgan fingerprint density at radius 2 is 1.74 bits per heavy atom. The number of hydrogen-bond donors (Lipinski definition) is 0. The van der Waals surface area contributed by atoms with Gasteiger partial charge in [0.25, 0.3) is 0 Å². The Kier molecular flexibility index (Phi) is 4.61. The summed E-state index contributed by atoms with van der Waals surface area (Å²) >= 11 is 2.60. The first-order valence-electron chi connectivity index (χ1n) is 6.82. The number of halogens is 1. The number of hydrogen-bond acceptors (Lipinski definition) is 1. The maximum atomic E-state index is 4.59. The molecule has 0 saturated carbocycles. The van der Waals surface area contributed by atoms with Gasteiger partial charge in [0.05, 0.1) is 5.69 Å². The summed E-state index contributed by atoms with van der Waals surface area (Å²) in [5.41, 5.74) is 5.03. The van der Waals surface area contributed by atoms with Crippen molar-refractivity contribution < 1.29 is 0 Å². The van der Waals surface area contributed by atoms with E-state index in [9.17, 15) is 0 Å². The van der Waals surface area contributed by atoms with E-state index in [1.165, 1.54) is 16.7 Å². The molecule has 19 heavy (non-hydrogen) atoms. The van der Waals surface area contributed by atoms with Crippen molar-refractivity contribution in [1.29, 1.82) is 0 Å². The molecule has 0 fully saturated rings. The van der Waals surface area contributed by atoms with Gasteiger partial charge < -0.3 is 0 Å². The molecule has 100 valence electrons. The molecule has 0 atom stereocenters. The van der Waals surface area contributed by atoms with Gasteiger partial charge in [-0.05, 0) is 37.0 Å². The van der Waals surface area contributed by atoms with Gasteiger partial charge in [-0.2, -0.15) is 0 Å². The number of aromatic nitrogens is 1. The molecule has 0 saturated heterocycles. The zero-order chi connectivity index (χ0) is 13.9. The largest absolute Gasteiger partial charge is 0.256 e. The van der Waals surface area contributed by atoms with Crippen LogP contribution >= 0.6 is 22.6 Å².